The summed E-state index contributed by atoms with van der Waals surface area (Å²) in [6.45, 7) is 3.19. The number of carbonyl (C=O) groups is 1. The molecule has 18 heavy (non-hydrogen) atoms. The number of carboxylic acid groups (broad SMARTS) is 1. The molecule has 0 amide bonds. The molecule has 0 radical (unpaired) electrons. The van der Waals surface area contributed by atoms with Gasteiger partial charge in [-0.05, 0) is 12.5 Å². The molecule has 0 bridgehead atoms. The van der Waals surface area contributed by atoms with Crippen LogP contribution in [0.5, 0.6) is 0 Å². The number of rotatable bonds is 10. The molecule has 0 unspecified atom stereocenters. The van der Waals surface area contributed by atoms with Crippen molar-refractivity contribution in [3.8, 4) is 0 Å². The van der Waals surface area contributed by atoms with E-state index < -0.39 is 5.97 Å². The predicted molar refractivity (Wildman–Crippen MR) is 68.7 cm³/mol. The minimum absolute atomic E-state index is 0.0158. The van der Waals surface area contributed by atoms with Crippen molar-refractivity contribution in [3.63, 3.8) is 0 Å². The van der Waals surface area contributed by atoms with Gasteiger partial charge in [0.15, 0.2) is 0 Å². The summed E-state index contributed by atoms with van der Waals surface area (Å²) >= 11 is 0. The van der Waals surface area contributed by atoms with Crippen LogP contribution in [0, 0.1) is 0 Å². The molecular weight excluding hydrogens is 232 g/mol. The van der Waals surface area contributed by atoms with Crippen molar-refractivity contribution >= 4 is 5.97 Å². The lowest BCUT2D eigenvalue weighted by Crippen LogP contribution is -2.01. The van der Waals surface area contributed by atoms with Crippen molar-refractivity contribution in [1.82, 2.24) is 0 Å². The standard InChI is InChI=1S/C14H22O4/c1-2-3-4-5-6-7-9-17-11-12-8-10-18-13(12)14(15)16/h8,10H,2-7,9,11H2,1H3,(H,15,16). The molecular formula is C14H22O4. The SMILES string of the molecule is CCCCCCCCOCc1ccoc1C(=O)O. The molecule has 0 aromatic carbocycles. The van der Waals surface area contributed by atoms with E-state index in [4.69, 9.17) is 14.3 Å². The first-order valence-corrected chi connectivity index (χ1v) is 6.63. The normalized spacial score (nSPS) is 10.7. The molecule has 4 nitrogen and oxygen atoms in total. The monoisotopic (exact) mass is 254 g/mol. The van der Waals surface area contributed by atoms with Gasteiger partial charge in [0.1, 0.15) is 0 Å². The highest BCUT2D eigenvalue weighted by atomic mass is 16.5. The van der Waals surface area contributed by atoms with Crippen LogP contribution in [0.1, 0.15) is 61.6 Å². The number of carboxylic acids is 1. The Morgan fingerprint density at radius 3 is 2.72 bits per heavy atom. The van der Waals surface area contributed by atoms with Crippen LogP contribution in [0.2, 0.25) is 0 Å². The van der Waals surface area contributed by atoms with E-state index >= 15 is 0 Å². The Morgan fingerprint density at radius 1 is 1.28 bits per heavy atom. The quantitative estimate of drug-likeness (QED) is 0.644. The molecule has 1 heterocycles. The Kier molecular flexibility index (Phi) is 7.18. The van der Waals surface area contributed by atoms with Crippen molar-refractivity contribution in [2.45, 2.75) is 52.1 Å². The van der Waals surface area contributed by atoms with Gasteiger partial charge in [0.25, 0.3) is 0 Å². The van der Waals surface area contributed by atoms with Gasteiger partial charge in [0.2, 0.25) is 5.76 Å². The number of hydrogen-bond acceptors (Lipinski definition) is 3. The third kappa shape index (κ3) is 5.36. The fraction of sp³-hybridized carbons (Fsp3) is 0.643. The summed E-state index contributed by atoms with van der Waals surface area (Å²) in [5.74, 6) is -1.06. The summed E-state index contributed by atoms with van der Waals surface area (Å²) in [5, 5.41) is 8.83. The van der Waals surface area contributed by atoms with E-state index in [9.17, 15) is 4.79 Å². The molecule has 0 atom stereocenters. The van der Waals surface area contributed by atoms with E-state index in [1.54, 1.807) is 6.07 Å². The molecule has 1 aromatic rings. The van der Waals surface area contributed by atoms with Crippen LogP contribution >= 0.6 is 0 Å². The molecule has 1 rings (SSSR count). The number of unbranched alkanes of at least 4 members (excludes halogenated alkanes) is 5. The molecule has 0 spiro atoms. The summed E-state index contributed by atoms with van der Waals surface area (Å²) in [5.41, 5.74) is 0.605. The topological polar surface area (TPSA) is 59.7 Å². The Hall–Kier alpha value is -1.29. The average molecular weight is 254 g/mol. The lowest BCUT2D eigenvalue weighted by atomic mass is 10.1. The maximum atomic E-state index is 10.8. The van der Waals surface area contributed by atoms with Crippen LogP contribution in [0.4, 0.5) is 0 Å². The Balaban J connectivity index is 2.07. The maximum Gasteiger partial charge on any atom is 0.372 e. The molecule has 1 N–H and O–H groups in total. The molecule has 0 saturated carbocycles. The van der Waals surface area contributed by atoms with Gasteiger partial charge in [0, 0.05) is 12.2 Å². The summed E-state index contributed by atoms with van der Waals surface area (Å²) in [6, 6.07) is 1.64. The second-order valence-corrected chi connectivity index (χ2v) is 4.40. The lowest BCUT2D eigenvalue weighted by Gasteiger charge is -2.03. The van der Waals surface area contributed by atoms with Crippen molar-refractivity contribution in [3.05, 3.63) is 23.7 Å². The summed E-state index contributed by atoms with van der Waals surface area (Å²) in [6.07, 6.45) is 8.70. The largest absolute Gasteiger partial charge is 0.475 e. The third-order valence-corrected chi connectivity index (χ3v) is 2.84. The van der Waals surface area contributed by atoms with Crippen LogP contribution in [-0.2, 0) is 11.3 Å². The number of aromatic carboxylic acids is 1. The van der Waals surface area contributed by atoms with E-state index in [-0.39, 0.29) is 5.76 Å². The van der Waals surface area contributed by atoms with Crippen LogP contribution in [0.15, 0.2) is 16.7 Å². The molecule has 0 aliphatic rings. The molecule has 0 aliphatic carbocycles. The molecule has 4 heteroatoms. The fourth-order valence-corrected chi connectivity index (χ4v) is 1.80. The summed E-state index contributed by atoms with van der Waals surface area (Å²) in [4.78, 5) is 10.8. The smallest absolute Gasteiger partial charge is 0.372 e. The average Bonchev–Trinajstić information content (AvgIpc) is 2.81. The Labute approximate surface area is 108 Å². The van der Waals surface area contributed by atoms with Gasteiger partial charge in [-0.15, -0.1) is 0 Å². The zero-order valence-electron chi connectivity index (χ0n) is 11.0. The van der Waals surface area contributed by atoms with Gasteiger partial charge in [-0.25, -0.2) is 4.79 Å². The Bertz CT molecular complexity index is 343. The fourth-order valence-electron chi connectivity index (χ4n) is 1.80. The lowest BCUT2D eigenvalue weighted by molar-refractivity contribution is 0.0649. The first kappa shape index (κ1) is 14.8. The van der Waals surface area contributed by atoms with Crippen molar-refractivity contribution in [2.75, 3.05) is 6.61 Å². The first-order valence-electron chi connectivity index (χ1n) is 6.63. The van der Waals surface area contributed by atoms with Gasteiger partial charge in [-0.3, -0.25) is 0 Å². The van der Waals surface area contributed by atoms with E-state index in [0.717, 1.165) is 6.42 Å². The maximum absolute atomic E-state index is 10.8. The Morgan fingerprint density at radius 2 is 2.00 bits per heavy atom. The third-order valence-electron chi connectivity index (χ3n) is 2.84. The van der Waals surface area contributed by atoms with E-state index in [2.05, 4.69) is 6.92 Å². The van der Waals surface area contributed by atoms with Crippen molar-refractivity contribution < 1.29 is 19.1 Å². The highest BCUT2D eigenvalue weighted by Gasteiger charge is 2.13. The second-order valence-electron chi connectivity index (χ2n) is 4.40. The van der Waals surface area contributed by atoms with Gasteiger partial charge in [-0.2, -0.15) is 0 Å². The number of ether oxygens (including phenoxy) is 1. The van der Waals surface area contributed by atoms with Crippen molar-refractivity contribution in [2.24, 2.45) is 0 Å². The van der Waals surface area contributed by atoms with E-state index in [0.29, 0.717) is 18.8 Å². The second kappa shape index (κ2) is 8.75. The number of furan rings is 1. The molecule has 0 saturated heterocycles. The van der Waals surface area contributed by atoms with Crippen molar-refractivity contribution in [1.29, 1.82) is 0 Å². The van der Waals surface area contributed by atoms with Crippen LogP contribution in [0.25, 0.3) is 0 Å². The van der Waals surface area contributed by atoms with Crippen LogP contribution in [-0.4, -0.2) is 17.7 Å². The minimum atomic E-state index is -1.04. The van der Waals surface area contributed by atoms with Gasteiger partial charge in [0.05, 0.1) is 12.9 Å². The molecule has 0 aliphatic heterocycles. The van der Waals surface area contributed by atoms with Crippen LogP contribution < -0.4 is 0 Å². The van der Waals surface area contributed by atoms with E-state index in [1.807, 2.05) is 0 Å². The van der Waals surface area contributed by atoms with Gasteiger partial charge >= 0.3 is 5.97 Å². The highest BCUT2D eigenvalue weighted by molar-refractivity contribution is 5.85. The van der Waals surface area contributed by atoms with Gasteiger partial charge in [-0.1, -0.05) is 39.0 Å². The molecule has 1 aromatic heterocycles. The predicted octanol–water partition coefficient (Wildman–Crippen LogP) is 3.85. The summed E-state index contributed by atoms with van der Waals surface area (Å²) < 4.78 is 10.3. The first-order chi connectivity index (χ1) is 8.75. The van der Waals surface area contributed by atoms with Gasteiger partial charge < -0.3 is 14.3 Å². The molecule has 0 fully saturated rings. The zero-order valence-corrected chi connectivity index (χ0v) is 11.0. The minimum Gasteiger partial charge on any atom is -0.475 e. The highest BCUT2D eigenvalue weighted by Crippen LogP contribution is 2.12. The zero-order chi connectivity index (χ0) is 13.2. The molecule has 102 valence electrons. The number of hydrogen-bond donors (Lipinski definition) is 1. The summed E-state index contributed by atoms with van der Waals surface area (Å²) in [7, 11) is 0. The van der Waals surface area contributed by atoms with E-state index in [1.165, 1.54) is 38.4 Å². The van der Waals surface area contributed by atoms with Crippen LogP contribution in [0.3, 0.4) is 0 Å².